The van der Waals surface area contributed by atoms with Crippen LogP contribution in [0.5, 0.6) is 0 Å². The van der Waals surface area contributed by atoms with Crippen molar-refractivity contribution in [3.8, 4) is 0 Å². The Morgan fingerprint density at radius 2 is 1.67 bits per heavy atom. The molecule has 2 aliphatic rings. The third-order valence-corrected chi connectivity index (χ3v) is 4.77. The number of alkyl halides is 3. The number of nitrogens with zero attached hydrogens (tertiary/aromatic N) is 4. The maximum absolute atomic E-state index is 13.0. The van der Waals surface area contributed by atoms with Crippen LogP contribution < -0.4 is 16.0 Å². The molecular weight excluding hydrogens is 397 g/mol. The largest absolute Gasteiger partial charge is 0.416 e. The molecule has 2 heterocycles. The van der Waals surface area contributed by atoms with Gasteiger partial charge in [0, 0.05) is 24.5 Å². The SMILES string of the molecule is NC1=NC(Nc2ccccc2)N(c2ccc(C(F)(F)F)cc2)C(N2CCOCC2)=N1. The van der Waals surface area contributed by atoms with Crippen molar-refractivity contribution in [3.63, 3.8) is 0 Å². The molecule has 0 spiro atoms. The van der Waals surface area contributed by atoms with E-state index in [4.69, 9.17) is 10.5 Å². The minimum Gasteiger partial charge on any atom is -0.378 e. The van der Waals surface area contributed by atoms with Crippen molar-refractivity contribution in [1.29, 1.82) is 0 Å². The number of rotatable bonds is 3. The van der Waals surface area contributed by atoms with Crippen LogP contribution >= 0.6 is 0 Å². The Balaban J connectivity index is 1.71. The molecule has 3 N–H and O–H groups in total. The van der Waals surface area contributed by atoms with Crippen LogP contribution in [0.25, 0.3) is 0 Å². The smallest absolute Gasteiger partial charge is 0.378 e. The molecule has 158 valence electrons. The highest BCUT2D eigenvalue weighted by Crippen LogP contribution is 2.32. The Kier molecular flexibility index (Phi) is 5.49. The van der Waals surface area contributed by atoms with Crippen molar-refractivity contribution >= 4 is 23.3 Å². The van der Waals surface area contributed by atoms with Gasteiger partial charge in [0.2, 0.25) is 18.2 Å². The van der Waals surface area contributed by atoms with Crippen LogP contribution in [0.15, 0.2) is 64.6 Å². The molecule has 2 aromatic rings. The number of morpholine rings is 1. The van der Waals surface area contributed by atoms with Gasteiger partial charge in [-0.3, -0.25) is 4.90 Å². The first kappa shape index (κ1) is 20.0. The van der Waals surface area contributed by atoms with Crippen molar-refractivity contribution in [1.82, 2.24) is 4.90 Å². The second-order valence-electron chi connectivity index (χ2n) is 6.80. The van der Waals surface area contributed by atoms with E-state index in [2.05, 4.69) is 15.3 Å². The van der Waals surface area contributed by atoms with Crippen LogP contribution in [-0.4, -0.2) is 49.4 Å². The minimum atomic E-state index is -4.41. The fourth-order valence-corrected chi connectivity index (χ4v) is 3.31. The van der Waals surface area contributed by atoms with Crippen molar-refractivity contribution in [3.05, 3.63) is 60.2 Å². The first-order chi connectivity index (χ1) is 14.4. The number of nitrogens with one attached hydrogen (secondary N) is 1. The van der Waals surface area contributed by atoms with Crippen molar-refractivity contribution < 1.29 is 17.9 Å². The lowest BCUT2D eigenvalue weighted by molar-refractivity contribution is -0.137. The third kappa shape index (κ3) is 4.33. The van der Waals surface area contributed by atoms with E-state index < -0.39 is 18.0 Å². The van der Waals surface area contributed by atoms with Gasteiger partial charge in [-0.25, -0.2) is 4.99 Å². The molecule has 7 nitrogen and oxygen atoms in total. The van der Waals surface area contributed by atoms with E-state index in [1.54, 1.807) is 4.90 Å². The van der Waals surface area contributed by atoms with Crippen LogP contribution in [0.2, 0.25) is 0 Å². The van der Waals surface area contributed by atoms with E-state index in [9.17, 15) is 13.2 Å². The Bertz CT molecular complexity index is 924. The summed E-state index contributed by atoms with van der Waals surface area (Å²) < 4.78 is 44.5. The molecule has 1 atom stereocenters. The lowest BCUT2D eigenvalue weighted by Crippen LogP contribution is -2.57. The second-order valence-corrected chi connectivity index (χ2v) is 6.80. The molecule has 1 unspecified atom stereocenters. The molecule has 10 heteroatoms. The molecule has 0 aliphatic carbocycles. The second kappa shape index (κ2) is 8.23. The van der Waals surface area contributed by atoms with Crippen LogP contribution in [-0.2, 0) is 10.9 Å². The van der Waals surface area contributed by atoms with Crippen LogP contribution in [0, 0.1) is 0 Å². The lowest BCUT2D eigenvalue weighted by Gasteiger charge is -2.41. The average molecular weight is 418 g/mol. The molecular formula is C20H21F3N6O. The predicted molar refractivity (Wildman–Crippen MR) is 109 cm³/mol. The topological polar surface area (TPSA) is 78.5 Å². The van der Waals surface area contributed by atoms with Gasteiger partial charge >= 0.3 is 6.18 Å². The van der Waals surface area contributed by atoms with E-state index in [0.717, 1.165) is 17.8 Å². The summed E-state index contributed by atoms with van der Waals surface area (Å²) in [5, 5.41) is 3.27. The lowest BCUT2D eigenvalue weighted by atomic mass is 10.2. The Labute approximate surface area is 171 Å². The number of hydrogen-bond acceptors (Lipinski definition) is 7. The van der Waals surface area contributed by atoms with Gasteiger partial charge in [-0.1, -0.05) is 18.2 Å². The summed E-state index contributed by atoms with van der Waals surface area (Å²) in [6.45, 7) is 2.21. The third-order valence-electron chi connectivity index (χ3n) is 4.77. The summed E-state index contributed by atoms with van der Waals surface area (Å²) in [5.41, 5.74) is 6.57. The van der Waals surface area contributed by atoms with E-state index in [1.165, 1.54) is 12.1 Å². The predicted octanol–water partition coefficient (Wildman–Crippen LogP) is 2.92. The van der Waals surface area contributed by atoms with E-state index in [0.29, 0.717) is 38.0 Å². The number of benzene rings is 2. The molecule has 2 aliphatic heterocycles. The van der Waals surface area contributed by atoms with Crippen LogP contribution in [0.3, 0.4) is 0 Å². The number of ether oxygens (including phenoxy) is 1. The van der Waals surface area contributed by atoms with Crippen molar-refractivity contribution in [2.45, 2.75) is 12.5 Å². The van der Waals surface area contributed by atoms with Gasteiger partial charge in [0.15, 0.2) is 0 Å². The highest BCUT2D eigenvalue weighted by atomic mass is 19.4. The van der Waals surface area contributed by atoms with Crippen molar-refractivity contribution in [2.24, 2.45) is 15.7 Å². The summed E-state index contributed by atoms with van der Waals surface area (Å²) >= 11 is 0. The Morgan fingerprint density at radius 1 is 1.00 bits per heavy atom. The number of halogens is 3. The molecule has 0 radical (unpaired) electrons. The standard InChI is InChI=1S/C20H21F3N6O/c21-20(22,23)14-6-8-16(9-7-14)29-18(25-15-4-2-1-3-5-15)26-17(24)27-19(29)28-10-12-30-13-11-28/h1-9,18,25H,10-13H2,(H2,24,26). The number of anilines is 2. The fourth-order valence-electron chi connectivity index (χ4n) is 3.31. The first-order valence-electron chi connectivity index (χ1n) is 9.44. The molecule has 0 amide bonds. The zero-order valence-corrected chi connectivity index (χ0v) is 16.0. The molecule has 30 heavy (non-hydrogen) atoms. The summed E-state index contributed by atoms with van der Waals surface area (Å²) in [6, 6.07) is 14.3. The van der Waals surface area contributed by atoms with Crippen LogP contribution in [0.1, 0.15) is 5.56 Å². The van der Waals surface area contributed by atoms with E-state index in [-0.39, 0.29) is 5.96 Å². The molecule has 2 aromatic carbocycles. The molecule has 0 aromatic heterocycles. The van der Waals surface area contributed by atoms with E-state index in [1.807, 2.05) is 35.2 Å². The van der Waals surface area contributed by atoms with Gasteiger partial charge < -0.3 is 20.7 Å². The van der Waals surface area contributed by atoms with Gasteiger partial charge in [0.25, 0.3) is 0 Å². The van der Waals surface area contributed by atoms with E-state index >= 15 is 0 Å². The number of para-hydroxylation sites is 1. The minimum absolute atomic E-state index is 0.0908. The molecule has 1 saturated heterocycles. The highest BCUT2D eigenvalue weighted by molar-refractivity contribution is 6.06. The number of nitrogens with two attached hydrogens (primary N) is 1. The van der Waals surface area contributed by atoms with Gasteiger partial charge in [0.1, 0.15) is 0 Å². The summed E-state index contributed by atoms with van der Waals surface area (Å²) in [5.74, 6) is 0.604. The highest BCUT2D eigenvalue weighted by Gasteiger charge is 2.34. The van der Waals surface area contributed by atoms with Gasteiger partial charge in [-0.15, -0.1) is 0 Å². The average Bonchev–Trinajstić information content (AvgIpc) is 2.74. The summed E-state index contributed by atoms with van der Waals surface area (Å²) in [7, 11) is 0. The fraction of sp³-hybridized carbons (Fsp3) is 0.300. The Hall–Kier alpha value is -3.27. The Morgan fingerprint density at radius 3 is 2.30 bits per heavy atom. The summed E-state index contributed by atoms with van der Waals surface area (Å²) in [4.78, 5) is 12.5. The summed E-state index contributed by atoms with van der Waals surface area (Å²) in [6.07, 6.45) is -5.09. The first-order valence-corrected chi connectivity index (χ1v) is 9.44. The number of guanidine groups is 2. The van der Waals surface area contributed by atoms with Gasteiger partial charge in [0.05, 0.1) is 18.8 Å². The zero-order chi connectivity index (χ0) is 21.1. The zero-order valence-electron chi connectivity index (χ0n) is 16.0. The van der Waals surface area contributed by atoms with Crippen LogP contribution in [0.4, 0.5) is 24.5 Å². The molecule has 4 rings (SSSR count). The normalized spacial score (nSPS) is 19.9. The molecule has 0 saturated carbocycles. The maximum atomic E-state index is 13.0. The number of aliphatic imine (C=N–C) groups is 2. The quantitative estimate of drug-likeness (QED) is 0.802. The van der Waals surface area contributed by atoms with Crippen molar-refractivity contribution in [2.75, 3.05) is 36.5 Å². The molecule has 0 bridgehead atoms. The van der Waals surface area contributed by atoms with Gasteiger partial charge in [-0.05, 0) is 36.4 Å². The monoisotopic (exact) mass is 418 g/mol. The maximum Gasteiger partial charge on any atom is 0.416 e. The number of hydrogen-bond donors (Lipinski definition) is 2. The van der Waals surface area contributed by atoms with Gasteiger partial charge in [-0.2, -0.15) is 18.2 Å². The molecule has 1 fully saturated rings.